The van der Waals surface area contributed by atoms with E-state index in [-0.39, 0.29) is 0 Å². The predicted molar refractivity (Wildman–Crippen MR) is 66.9 cm³/mol. The molecule has 4 nitrogen and oxygen atoms in total. The van der Waals surface area contributed by atoms with Crippen molar-refractivity contribution in [2.75, 3.05) is 12.4 Å². The Morgan fingerprint density at radius 3 is 2.88 bits per heavy atom. The van der Waals surface area contributed by atoms with Crippen LogP contribution in [0.1, 0.15) is 17.1 Å². The van der Waals surface area contributed by atoms with E-state index in [1.807, 2.05) is 30.0 Å². The first kappa shape index (κ1) is 11.1. The van der Waals surface area contributed by atoms with E-state index < -0.39 is 0 Å². The predicted octanol–water partition coefficient (Wildman–Crippen LogP) is 2.09. The Morgan fingerprint density at radius 1 is 1.38 bits per heavy atom. The topological polar surface area (TPSA) is 42.7 Å². The molecule has 0 unspecified atom stereocenters. The minimum atomic E-state index is 0.825. The summed E-state index contributed by atoms with van der Waals surface area (Å²) < 4.78 is 2.01. The summed E-state index contributed by atoms with van der Waals surface area (Å²) in [6, 6.07) is 4.28. The van der Waals surface area contributed by atoms with Crippen LogP contribution in [-0.2, 0) is 19.9 Å². The molecule has 2 aromatic heterocycles. The lowest BCUT2D eigenvalue weighted by Gasteiger charge is -2.02. The van der Waals surface area contributed by atoms with Crippen LogP contribution in [0.3, 0.4) is 0 Å². The third-order valence-electron chi connectivity index (χ3n) is 2.59. The van der Waals surface area contributed by atoms with Gasteiger partial charge < -0.3 is 9.88 Å². The van der Waals surface area contributed by atoms with Crippen molar-refractivity contribution in [3.8, 4) is 0 Å². The lowest BCUT2D eigenvalue weighted by Crippen LogP contribution is -2.02. The molecule has 0 spiro atoms. The van der Waals surface area contributed by atoms with Gasteiger partial charge >= 0.3 is 0 Å². The van der Waals surface area contributed by atoms with Crippen LogP contribution >= 0.6 is 11.3 Å². The molecule has 0 radical (unpaired) electrons. The van der Waals surface area contributed by atoms with Crippen molar-refractivity contribution in [1.29, 1.82) is 0 Å². The zero-order valence-corrected chi connectivity index (χ0v) is 10.4. The first-order valence-electron chi connectivity index (χ1n) is 5.39. The number of nitrogens with zero attached hydrogens (tertiary/aromatic N) is 3. The fourth-order valence-corrected chi connectivity index (χ4v) is 2.42. The zero-order valence-electron chi connectivity index (χ0n) is 9.60. The van der Waals surface area contributed by atoms with E-state index >= 15 is 0 Å². The highest BCUT2D eigenvalue weighted by Crippen LogP contribution is 2.13. The van der Waals surface area contributed by atoms with Crippen LogP contribution < -0.4 is 5.32 Å². The van der Waals surface area contributed by atoms with Crippen LogP contribution in [0, 0.1) is 0 Å². The molecule has 0 amide bonds. The summed E-state index contributed by atoms with van der Waals surface area (Å²) in [5, 5.41) is 13.3. The summed E-state index contributed by atoms with van der Waals surface area (Å²) in [7, 11) is 3.85. The SMILES string of the molecule is CNc1nnc(CCCc2cccs2)n1C. The molecule has 0 saturated heterocycles. The van der Waals surface area contributed by atoms with Crippen molar-refractivity contribution in [3.05, 3.63) is 28.2 Å². The Balaban J connectivity index is 1.87. The van der Waals surface area contributed by atoms with Gasteiger partial charge in [0.15, 0.2) is 0 Å². The average Bonchev–Trinajstić information content (AvgIpc) is 2.90. The van der Waals surface area contributed by atoms with E-state index in [4.69, 9.17) is 0 Å². The largest absolute Gasteiger partial charge is 0.357 e. The fraction of sp³-hybridized carbons (Fsp3) is 0.455. The van der Waals surface area contributed by atoms with Gasteiger partial charge in [-0.25, -0.2) is 0 Å². The quantitative estimate of drug-likeness (QED) is 0.864. The zero-order chi connectivity index (χ0) is 11.4. The second-order valence-corrected chi connectivity index (χ2v) is 4.71. The van der Waals surface area contributed by atoms with Gasteiger partial charge in [-0.2, -0.15) is 0 Å². The maximum atomic E-state index is 4.16. The standard InChI is InChI=1S/C11H16N4S/c1-12-11-14-13-10(15(11)2)7-3-5-9-6-4-8-16-9/h4,6,8H,3,5,7H2,1-2H3,(H,12,14). The minimum absolute atomic E-state index is 0.825. The van der Waals surface area contributed by atoms with Crippen LogP contribution in [-0.4, -0.2) is 21.8 Å². The highest BCUT2D eigenvalue weighted by Gasteiger charge is 2.06. The third kappa shape index (κ3) is 2.41. The van der Waals surface area contributed by atoms with E-state index in [0.717, 1.165) is 31.0 Å². The minimum Gasteiger partial charge on any atom is -0.357 e. The molecule has 0 aliphatic carbocycles. The second kappa shape index (κ2) is 5.12. The summed E-state index contributed by atoms with van der Waals surface area (Å²) >= 11 is 1.82. The van der Waals surface area contributed by atoms with Gasteiger partial charge in [-0.05, 0) is 24.3 Å². The molecule has 86 valence electrons. The number of rotatable bonds is 5. The van der Waals surface area contributed by atoms with Gasteiger partial charge in [-0.1, -0.05) is 6.07 Å². The van der Waals surface area contributed by atoms with E-state index in [0.29, 0.717) is 0 Å². The molecule has 0 bridgehead atoms. The molecule has 2 heterocycles. The van der Waals surface area contributed by atoms with Gasteiger partial charge in [-0.3, -0.25) is 0 Å². The van der Waals surface area contributed by atoms with Crippen molar-refractivity contribution >= 4 is 17.3 Å². The van der Waals surface area contributed by atoms with E-state index in [1.54, 1.807) is 0 Å². The van der Waals surface area contributed by atoms with Gasteiger partial charge in [0.25, 0.3) is 0 Å². The summed E-state index contributed by atoms with van der Waals surface area (Å²) in [4.78, 5) is 1.44. The van der Waals surface area contributed by atoms with Crippen molar-refractivity contribution in [1.82, 2.24) is 14.8 Å². The number of aryl methyl sites for hydroxylation is 2. The number of anilines is 1. The Hall–Kier alpha value is -1.36. The molecule has 0 fully saturated rings. The summed E-state index contributed by atoms with van der Waals surface area (Å²) in [5.41, 5.74) is 0. The first-order valence-corrected chi connectivity index (χ1v) is 6.27. The van der Waals surface area contributed by atoms with Crippen molar-refractivity contribution in [2.45, 2.75) is 19.3 Å². The Morgan fingerprint density at radius 2 is 2.25 bits per heavy atom. The van der Waals surface area contributed by atoms with Gasteiger partial charge in [0, 0.05) is 25.4 Å². The van der Waals surface area contributed by atoms with Crippen LogP contribution in [0.2, 0.25) is 0 Å². The van der Waals surface area contributed by atoms with Gasteiger partial charge in [0.2, 0.25) is 5.95 Å². The number of hydrogen-bond donors (Lipinski definition) is 1. The summed E-state index contributed by atoms with van der Waals surface area (Å²) in [6.45, 7) is 0. The monoisotopic (exact) mass is 236 g/mol. The molecule has 5 heteroatoms. The fourth-order valence-electron chi connectivity index (χ4n) is 1.67. The molecule has 16 heavy (non-hydrogen) atoms. The maximum Gasteiger partial charge on any atom is 0.224 e. The Kier molecular flexibility index (Phi) is 3.56. The van der Waals surface area contributed by atoms with E-state index in [1.165, 1.54) is 4.88 Å². The molecule has 2 aromatic rings. The van der Waals surface area contributed by atoms with Gasteiger partial charge in [-0.15, -0.1) is 21.5 Å². The van der Waals surface area contributed by atoms with Crippen LogP contribution in [0.25, 0.3) is 0 Å². The van der Waals surface area contributed by atoms with Crippen molar-refractivity contribution < 1.29 is 0 Å². The molecular weight excluding hydrogens is 220 g/mol. The van der Waals surface area contributed by atoms with Crippen LogP contribution in [0.4, 0.5) is 5.95 Å². The molecular formula is C11H16N4S. The second-order valence-electron chi connectivity index (χ2n) is 3.68. The Bertz CT molecular complexity index is 433. The lowest BCUT2D eigenvalue weighted by molar-refractivity contribution is 0.727. The highest BCUT2D eigenvalue weighted by atomic mass is 32.1. The maximum absolute atomic E-state index is 4.16. The van der Waals surface area contributed by atoms with Crippen LogP contribution in [0.15, 0.2) is 17.5 Å². The molecule has 0 saturated carbocycles. The number of aromatic nitrogens is 3. The van der Waals surface area contributed by atoms with E-state index in [2.05, 4.69) is 33.0 Å². The van der Waals surface area contributed by atoms with E-state index in [9.17, 15) is 0 Å². The highest BCUT2D eigenvalue weighted by molar-refractivity contribution is 7.09. The molecule has 2 rings (SSSR count). The third-order valence-corrected chi connectivity index (χ3v) is 3.53. The normalized spacial score (nSPS) is 10.6. The van der Waals surface area contributed by atoms with Crippen molar-refractivity contribution in [2.24, 2.45) is 7.05 Å². The molecule has 0 aromatic carbocycles. The molecule has 0 atom stereocenters. The van der Waals surface area contributed by atoms with Gasteiger partial charge in [0.05, 0.1) is 0 Å². The number of thiophene rings is 1. The number of hydrogen-bond acceptors (Lipinski definition) is 4. The summed E-state index contributed by atoms with van der Waals surface area (Å²) in [5.74, 6) is 1.87. The molecule has 0 aliphatic rings. The smallest absolute Gasteiger partial charge is 0.224 e. The summed E-state index contributed by atoms with van der Waals surface area (Å²) in [6.07, 6.45) is 3.22. The average molecular weight is 236 g/mol. The molecule has 0 aliphatic heterocycles. The lowest BCUT2D eigenvalue weighted by atomic mass is 10.2. The first-order chi connectivity index (χ1) is 7.81. The van der Waals surface area contributed by atoms with Gasteiger partial charge in [0.1, 0.15) is 5.82 Å². The Labute approximate surface area is 99.3 Å². The van der Waals surface area contributed by atoms with Crippen LogP contribution in [0.5, 0.6) is 0 Å². The number of nitrogens with one attached hydrogen (secondary N) is 1. The van der Waals surface area contributed by atoms with Crippen molar-refractivity contribution in [3.63, 3.8) is 0 Å². The molecule has 1 N–H and O–H groups in total.